The van der Waals surface area contributed by atoms with Gasteiger partial charge in [0.15, 0.2) is 0 Å². The minimum absolute atomic E-state index is 1.10. The Hall–Kier alpha value is -1.30. The van der Waals surface area contributed by atoms with Gasteiger partial charge in [-0.25, -0.2) is 0 Å². The maximum absolute atomic E-state index is 3.71. The summed E-state index contributed by atoms with van der Waals surface area (Å²) in [5, 5.41) is 0. The van der Waals surface area contributed by atoms with Crippen molar-refractivity contribution in [2.45, 2.75) is 27.2 Å². The fourth-order valence-corrected chi connectivity index (χ4v) is 1.57. The van der Waals surface area contributed by atoms with Gasteiger partial charge in [-0.2, -0.15) is 0 Å². The van der Waals surface area contributed by atoms with Gasteiger partial charge in [-0.05, 0) is 42.5 Å². The maximum Gasteiger partial charge on any atom is -0.0224 e. The highest BCUT2D eigenvalue weighted by Crippen LogP contribution is 2.18. The van der Waals surface area contributed by atoms with Gasteiger partial charge in [-0.15, -0.1) is 0 Å². The van der Waals surface area contributed by atoms with Crippen LogP contribution in [0.25, 0.3) is 5.57 Å². The number of allylic oxidation sites excluding steroid dienone is 3. The van der Waals surface area contributed by atoms with Gasteiger partial charge in [0.2, 0.25) is 0 Å². The zero-order valence-electron chi connectivity index (χ0n) is 9.30. The summed E-state index contributed by atoms with van der Waals surface area (Å²) in [4.78, 5) is 0. The molecule has 74 valence electrons. The third-order valence-electron chi connectivity index (χ3n) is 2.55. The van der Waals surface area contributed by atoms with Crippen molar-refractivity contribution < 1.29 is 0 Å². The zero-order chi connectivity index (χ0) is 10.6. The second-order valence-electron chi connectivity index (χ2n) is 3.58. The SMILES string of the molecule is C=C/C=C(\C)c1ccc(C)c(CC)c1. The van der Waals surface area contributed by atoms with E-state index in [0.29, 0.717) is 0 Å². The topological polar surface area (TPSA) is 0 Å². The molecule has 0 aromatic heterocycles. The molecule has 0 saturated carbocycles. The van der Waals surface area contributed by atoms with Gasteiger partial charge < -0.3 is 0 Å². The Kier molecular flexibility index (Phi) is 3.70. The predicted molar refractivity (Wildman–Crippen MR) is 64.4 cm³/mol. The van der Waals surface area contributed by atoms with Crippen LogP contribution in [0, 0.1) is 6.92 Å². The fourth-order valence-electron chi connectivity index (χ4n) is 1.57. The Morgan fingerprint density at radius 2 is 2.14 bits per heavy atom. The van der Waals surface area contributed by atoms with Crippen molar-refractivity contribution in [2.75, 3.05) is 0 Å². The Balaban J connectivity index is 3.12. The molecule has 1 aromatic rings. The van der Waals surface area contributed by atoms with E-state index in [1.165, 1.54) is 22.3 Å². The third-order valence-corrected chi connectivity index (χ3v) is 2.55. The second kappa shape index (κ2) is 4.80. The minimum atomic E-state index is 1.10. The third kappa shape index (κ3) is 2.35. The monoisotopic (exact) mass is 186 g/mol. The van der Waals surface area contributed by atoms with Gasteiger partial charge in [0.25, 0.3) is 0 Å². The van der Waals surface area contributed by atoms with Crippen LogP contribution in [0.15, 0.2) is 36.9 Å². The predicted octanol–water partition coefficient (Wildman–Crippen LogP) is 4.15. The Morgan fingerprint density at radius 1 is 1.43 bits per heavy atom. The van der Waals surface area contributed by atoms with Crippen molar-refractivity contribution in [1.82, 2.24) is 0 Å². The Labute approximate surface area is 87.0 Å². The number of hydrogen-bond acceptors (Lipinski definition) is 0. The van der Waals surface area contributed by atoms with E-state index in [4.69, 9.17) is 0 Å². The van der Waals surface area contributed by atoms with Crippen LogP contribution in [-0.4, -0.2) is 0 Å². The Bertz CT molecular complexity index is 356. The van der Waals surface area contributed by atoms with E-state index in [0.717, 1.165) is 6.42 Å². The summed E-state index contributed by atoms with van der Waals surface area (Å²) in [6.07, 6.45) is 4.98. The molecule has 0 atom stereocenters. The molecule has 0 radical (unpaired) electrons. The minimum Gasteiger partial charge on any atom is -0.0991 e. The van der Waals surface area contributed by atoms with E-state index in [1.54, 1.807) is 0 Å². The number of benzene rings is 1. The van der Waals surface area contributed by atoms with Crippen LogP contribution in [0.5, 0.6) is 0 Å². The van der Waals surface area contributed by atoms with E-state index in [2.05, 4.69) is 45.5 Å². The second-order valence-corrected chi connectivity index (χ2v) is 3.58. The molecule has 0 aliphatic heterocycles. The summed E-state index contributed by atoms with van der Waals surface area (Å²) in [5.41, 5.74) is 5.38. The van der Waals surface area contributed by atoms with Crippen LogP contribution < -0.4 is 0 Å². The van der Waals surface area contributed by atoms with Crippen molar-refractivity contribution in [3.63, 3.8) is 0 Å². The number of rotatable bonds is 3. The van der Waals surface area contributed by atoms with E-state index in [-0.39, 0.29) is 0 Å². The summed E-state index contributed by atoms with van der Waals surface area (Å²) in [7, 11) is 0. The first-order valence-corrected chi connectivity index (χ1v) is 5.08. The van der Waals surface area contributed by atoms with Crippen molar-refractivity contribution in [3.05, 3.63) is 53.6 Å². The molecule has 0 amide bonds. The summed E-state index contributed by atoms with van der Waals surface area (Å²) in [6.45, 7) is 10.2. The largest absolute Gasteiger partial charge is 0.0991 e. The van der Waals surface area contributed by atoms with Crippen molar-refractivity contribution in [2.24, 2.45) is 0 Å². The lowest BCUT2D eigenvalue weighted by atomic mass is 9.99. The molecule has 0 saturated heterocycles. The number of aryl methyl sites for hydroxylation is 2. The summed E-state index contributed by atoms with van der Waals surface area (Å²) < 4.78 is 0. The van der Waals surface area contributed by atoms with Crippen LogP contribution in [0.1, 0.15) is 30.5 Å². The van der Waals surface area contributed by atoms with Crippen LogP contribution in [0.2, 0.25) is 0 Å². The first kappa shape index (κ1) is 10.8. The molecule has 0 nitrogen and oxygen atoms in total. The van der Waals surface area contributed by atoms with Gasteiger partial charge in [-0.1, -0.05) is 43.9 Å². The first-order chi connectivity index (χ1) is 6.69. The molecule has 0 aliphatic carbocycles. The molecule has 0 heterocycles. The fraction of sp³-hybridized carbons (Fsp3) is 0.286. The summed E-state index contributed by atoms with van der Waals surface area (Å²) >= 11 is 0. The molecular weight excluding hydrogens is 168 g/mol. The highest BCUT2D eigenvalue weighted by atomic mass is 14.0. The van der Waals surface area contributed by atoms with E-state index in [1.807, 2.05) is 12.2 Å². The zero-order valence-corrected chi connectivity index (χ0v) is 9.30. The molecule has 0 bridgehead atoms. The van der Waals surface area contributed by atoms with E-state index >= 15 is 0 Å². The first-order valence-electron chi connectivity index (χ1n) is 5.08. The lowest BCUT2D eigenvalue weighted by Crippen LogP contribution is -1.89. The number of hydrogen-bond donors (Lipinski definition) is 0. The van der Waals surface area contributed by atoms with Gasteiger partial charge in [0.1, 0.15) is 0 Å². The van der Waals surface area contributed by atoms with Crippen LogP contribution in [-0.2, 0) is 6.42 Å². The van der Waals surface area contributed by atoms with Crippen molar-refractivity contribution in [3.8, 4) is 0 Å². The standard InChI is InChI=1S/C14H18/c1-5-7-11(3)14-9-8-12(4)13(6-2)10-14/h5,7-10H,1,6H2,2-4H3/b11-7+. The van der Waals surface area contributed by atoms with Crippen LogP contribution in [0.4, 0.5) is 0 Å². The lowest BCUT2D eigenvalue weighted by molar-refractivity contribution is 1.11. The smallest absolute Gasteiger partial charge is 0.0224 e. The van der Waals surface area contributed by atoms with E-state index in [9.17, 15) is 0 Å². The highest BCUT2D eigenvalue weighted by molar-refractivity contribution is 5.66. The van der Waals surface area contributed by atoms with Crippen LogP contribution >= 0.6 is 0 Å². The summed E-state index contributed by atoms with van der Waals surface area (Å²) in [6, 6.07) is 6.63. The molecule has 0 heteroatoms. The molecule has 0 N–H and O–H groups in total. The van der Waals surface area contributed by atoms with Gasteiger partial charge in [0, 0.05) is 0 Å². The van der Waals surface area contributed by atoms with Crippen molar-refractivity contribution >= 4 is 5.57 Å². The van der Waals surface area contributed by atoms with Gasteiger partial charge in [-0.3, -0.25) is 0 Å². The lowest BCUT2D eigenvalue weighted by Gasteiger charge is -2.07. The molecule has 0 aliphatic rings. The molecule has 1 aromatic carbocycles. The van der Waals surface area contributed by atoms with Gasteiger partial charge in [0.05, 0.1) is 0 Å². The van der Waals surface area contributed by atoms with Crippen LogP contribution in [0.3, 0.4) is 0 Å². The van der Waals surface area contributed by atoms with E-state index < -0.39 is 0 Å². The average molecular weight is 186 g/mol. The molecule has 0 unspecified atom stereocenters. The van der Waals surface area contributed by atoms with Crippen molar-refractivity contribution in [1.29, 1.82) is 0 Å². The normalized spacial score (nSPS) is 11.5. The summed E-state index contributed by atoms with van der Waals surface area (Å²) in [5.74, 6) is 0. The quantitative estimate of drug-likeness (QED) is 0.622. The molecule has 14 heavy (non-hydrogen) atoms. The highest BCUT2D eigenvalue weighted by Gasteiger charge is 1.99. The Morgan fingerprint density at radius 3 is 2.71 bits per heavy atom. The van der Waals surface area contributed by atoms with Gasteiger partial charge >= 0.3 is 0 Å². The molecule has 0 fully saturated rings. The molecular formula is C14H18. The molecule has 1 rings (SSSR count). The maximum atomic E-state index is 3.71. The molecule has 0 spiro atoms. The average Bonchev–Trinajstić information content (AvgIpc) is 2.19.